The van der Waals surface area contributed by atoms with Gasteiger partial charge in [-0.25, -0.2) is 8.42 Å². The van der Waals surface area contributed by atoms with E-state index < -0.39 is 21.8 Å². The second-order valence-corrected chi connectivity index (χ2v) is 8.45. The summed E-state index contributed by atoms with van der Waals surface area (Å²) < 4.78 is 65.3. The van der Waals surface area contributed by atoms with E-state index in [-0.39, 0.29) is 18.0 Å². The third kappa shape index (κ3) is 4.52. The number of rotatable bonds is 4. The molecule has 1 aliphatic heterocycles. The fourth-order valence-electron chi connectivity index (χ4n) is 3.08. The number of halogens is 3. The predicted molar refractivity (Wildman–Crippen MR) is 96.6 cm³/mol. The first-order valence-corrected chi connectivity index (χ1v) is 10.0. The van der Waals surface area contributed by atoms with Crippen molar-refractivity contribution in [2.75, 3.05) is 26.2 Å². The fraction of sp³-hybridized carbons (Fsp3) is 0.316. The van der Waals surface area contributed by atoms with Crippen LogP contribution in [0.4, 0.5) is 13.2 Å². The Morgan fingerprint density at radius 2 is 1.64 bits per heavy atom. The van der Waals surface area contributed by atoms with Gasteiger partial charge in [-0.3, -0.25) is 4.90 Å². The Kier molecular flexibility index (Phi) is 5.74. The van der Waals surface area contributed by atoms with Crippen molar-refractivity contribution < 1.29 is 21.6 Å². The Bertz CT molecular complexity index is 975. The van der Waals surface area contributed by atoms with Crippen LogP contribution >= 0.6 is 0 Å². The van der Waals surface area contributed by atoms with Gasteiger partial charge in [0, 0.05) is 32.7 Å². The Morgan fingerprint density at radius 1 is 1.00 bits per heavy atom. The molecule has 0 atom stereocenters. The van der Waals surface area contributed by atoms with Crippen LogP contribution in [0, 0.1) is 11.3 Å². The summed E-state index contributed by atoms with van der Waals surface area (Å²) in [7, 11) is -3.66. The Balaban J connectivity index is 1.63. The maximum atomic E-state index is 12.8. The number of sulfonamides is 1. The van der Waals surface area contributed by atoms with Crippen LogP contribution in [-0.2, 0) is 22.7 Å². The molecule has 0 amide bonds. The average Bonchev–Trinajstić information content (AvgIpc) is 2.68. The minimum Gasteiger partial charge on any atom is -0.296 e. The third-order valence-corrected chi connectivity index (χ3v) is 6.53. The summed E-state index contributed by atoms with van der Waals surface area (Å²) >= 11 is 0. The lowest BCUT2D eigenvalue weighted by molar-refractivity contribution is -0.137. The first-order valence-electron chi connectivity index (χ1n) is 8.59. The molecule has 0 bridgehead atoms. The van der Waals surface area contributed by atoms with E-state index in [0.29, 0.717) is 30.8 Å². The first kappa shape index (κ1) is 20.3. The van der Waals surface area contributed by atoms with Gasteiger partial charge in [0.25, 0.3) is 0 Å². The second kappa shape index (κ2) is 7.91. The van der Waals surface area contributed by atoms with Crippen LogP contribution in [0.2, 0.25) is 0 Å². The summed E-state index contributed by atoms with van der Waals surface area (Å²) in [5.41, 5.74) is 0.232. The minimum absolute atomic E-state index is 0.123. The highest BCUT2D eigenvalue weighted by atomic mass is 32.2. The molecule has 0 saturated carbocycles. The summed E-state index contributed by atoms with van der Waals surface area (Å²) in [6.07, 6.45) is -4.39. The lowest BCUT2D eigenvalue weighted by Crippen LogP contribution is -2.48. The summed E-state index contributed by atoms with van der Waals surface area (Å²) in [5, 5.41) is 8.81. The zero-order valence-corrected chi connectivity index (χ0v) is 15.7. The molecule has 0 unspecified atom stereocenters. The fourth-order valence-corrected chi connectivity index (χ4v) is 4.50. The van der Waals surface area contributed by atoms with Gasteiger partial charge in [0.2, 0.25) is 10.0 Å². The highest BCUT2D eigenvalue weighted by Gasteiger charge is 2.31. The molecule has 1 fully saturated rings. The lowest BCUT2D eigenvalue weighted by Gasteiger charge is -2.34. The largest absolute Gasteiger partial charge is 0.416 e. The van der Waals surface area contributed by atoms with Crippen molar-refractivity contribution in [3.05, 3.63) is 65.2 Å². The van der Waals surface area contributed by atoms with Crippen molar-refractivity contribution in [3.63, 3.8) is 0 Å². The average molecular weight is 409 g/mol. The van der Waals surface area contributed by atoms with E-state index >= 15 is 0 Å². The highest BCUT2D eigenvalue weighted by Crippen LogP contribution is 2.30. The third-order valence-electron chi connectivity index (χ3n) is 4.61. The van der Waals surface area contributed by atoms with Crippen molar-refractivity contribution in [1.82, 2.24) is 9.21 Å². The van der Waals surface area contributed by atoms with Gasteiger partial charge in [-0.15, -0.1) is 0 Å². The lowest BCUT2D eigenvalue weighted by atomic mass is 10.1. The molecule has 5 nitrogen and oxygen atoms in total. The number of alkyl halides is 3. The van der Waals surface area contributed by atoms with E-state index in [1.54, 1.807) is 6.07 Å². The molecule has 148 valence electrons. The van der Waals surface area contributed by atoms with Crippen LogP contribution in [0.5, 0.6) is 0 Å². The molecule has 1 heterocycles. The van der Waals surface area contributed by atoms with Crippen molar-refractivity contribution in [2.45, 2.75) is 17.6 Å². The van der Waals surface area contributed by atoms with Crippen molar-refractivity contribution in [2.24, 2.45) is 0 Å². The topological polar surface area (TPSA) is 64.4 Å². The number of nitrogens with zero attached hydrogens (tertiary/aromatic N) is 3. The number of hydrogen-bond acceptors (Lipinski definition) is 4. The van der Waals surface area contributed by atoms with Crippen molar-refractivity contribution in [1.29, 1.82) is 5.26 Å². The monoisotopic (exact) mass is 409 g/mol. The Hall–Kier alpha value is -2.41. The van der Waals surface area contributed by atoms with E-state index in [9.17, 15) is 21.6 Å². The van der Waals surface area contributed by atoms with E-state index in [1.807, 2.05) is 11.0 Å². The highest BCUT2D eigenvalue weighted by molar-refractivity contribution is 7.89. The van der Waals surface area contributed by atoms with Gasteiger partial charge in [-0.05, 0) is 35.9 Å². The molecule has 0 aromatic heterocycles. The summed E-state index contributed by atoms with van der Waals surface area (Å²) in [6.45, 7) is 1.68. The zero-order valence-electron chi connectivity index (χ0n) is 14.9. The van der Waals surface area contributed by atoms with Crippen LogP contribution in [0.25, 0.3) is 0 Å². The predicted octanol–water partition coefficient (Wildman–Crippen LogP) is 3.08. The molecular weight excluding hydrogens is 391 g/mol. The second-order valence-electron chi connectivity index (χ2n) is 6.51. The summed E-state index contributed by atoms with van der Waals surface area (Å²) in [4.78, 5) is 2.05. The number of benzene rings is 2. The molecule has 2 aromatic rings. The van der Waals surface area contributed by atoms with Crippen LogP contribution in [0.15, 0.2) is 53.4 Å². The first-order chi connectivity index (χ1) is 13.2. The van der Waals surface area contributed by atoms with Crippen LogP contribution in [0.1, 0.15) is 16.7 Å². The minimum atomic E-state index is -4.39. The standard InChI is InChI=1S/C19H18F3N3O2S/c20-19(21,22)17-3-1-2-16(12-17)14-24-8-10-25(11-9-24)28(26,27)18-6-4-15(13-23)5-7-18/h1-7,12H,8-11,14H2. The molecule has 1 saturated heterocycles. The van der Waals surface area contributed by atoms with E-state index in [2.05, 4.69) is 0 Å². The maximum absolute atomic E-state index is 12.8. The van der Waals surface area contributed by atoms with Crippen LogP contribution in [0.3, 0.4) is 0 Å². The number of piperazine rings is 1. The summed E-state index contributed by atoms with van der Waals surface area (Å²) in [6, 6.07) is 12.8. The molecule has 0 aliphatic carbocycles. The van der Waals surface area contributed by atoms with E-state index in [0.717, 1.165) is 12.1 Å². The molecule has 3 rings (SSSR count). The van der Waals surface area contributed by atoms with Gasteiger partial charge < -0.3 is 0 Å². The zero-order chi connectivity index (χ0) is 20.4. The SMILES string of the molecule is N#Cc1ccc(S(=O)(=O)N2CCN(Cc3cccc(C(F)(F)F)c3)CC2)cc1. The number of nitriles is 1. The molecular formula is C19H18F3N3O2S. The van der Waals surface area contributed by atoms with Crippen molar-refractivity contribution in [3.8, 4) is 6.07 Å². The van der Waals surface area contributed by atoms with E-state index in [1.165, 1.54) is 34.6 Å². The molecule has 0 N–H and O–H groups in total. The normalized spacial score (nSPS) is 16.6. The maximum Gasteiger partial charge on any atom is 0.416 e. The van der Waals surface area contributed by atoms with E-state index in [4.69, 9.17) is 5.26 Å². The molecule has 9 heteroatoms. The smallest absolute Gasteiger partial charge is 0.296 e. The van der Waals surface area contributed by atoms with Crippen LogP contribution in [-0.4, -0.2) is 43.8 Å². The van der Waals surface area contributed by atoms with Gasteiger partial charge in [0.1, 0.15) is 0 Å². The van der Waals surface area contributed by atoms with Crippen molar-refractivity contribution >= 4 is 10.0 Å². The van der Waals surface area contributed by atoms with Crippen LogP contribution < -0.4 is 0 Å². The van der Waals surface area contributed by atoms with Gasteiger partial charge in [-0.2, -0.15) is 22.7 Å². The molecule has 0 radical (unpaired) electrons. The van der Waals surface area contributed by atoms with Gasteiger partial charge in [0.15, 0.2) is 0 Å². The molecule has 28 heavy (non-hydrogen) atoms. The Labute approximate surface area is 161 Å². The van der Waals surface area contributed by atoms with Gasteiger partial charge in [-0.1, -0.05) is 18.2 Å². The molecule has 0 spiro atoms. The quantitative estimate of drug-likeness (QED) is 0.779. The van der Waals surface area contributed by atoms with Gasteiger partial charge >= 0.3 is 6.18 Å². The summed E-state index contributed by atoms with van der Waals surface area (Å²) in [5.74, 6) is 0. The number of hydrogen-bond donors (Lipinski definition) is 0. The van der Waals surface area contributed by atoms with Gasteiger partial charge in [0.05, 0.1) is 22.1 Å². The molecule has 2 aromatic carbocycles. The Morgan fingerprint density at radius 3 is 2.21 bits per heavy atom. The molecule has 1 aliphatic rings.